The number of carboxylic acids is 1. The van der Waals surface area contributed by atoms with Crippen LogP contribution in [0.5, 0.6) is 0 Å². The van der Waals surface area contributed by atoms with Gasteiger partial charge in [0.1, 0.15) is 15.8 Å². The van der Waals surface area contributed by atoms with Crippen LogP contribution in [0.25, 0.3) is 17.4 Å². The Kier molecular flexibility index (Phi) is 6.36. The standard InChI is InChI=1S/C22H21NO4S3/c1-29-18-8-3-2-7-16(18)17-10-9-15(27-17)12-19-20(24)23(22(28)30-19)14-6-4-5-13(11-14)21(25)26/h2-3,7-10,12-14H,4-6,11H2,1H3,(H,25,26)/b19-12+. The molecule has 2 aromatic rings. The van der Waals surface area contributed by atoms with Crippen LogP contribution in [0.3, 0.4) is 0 Å². The Hall–Kier alpha value is -2.03. The first-order valence-electron chi connectivity index (χ1n) is 9.71. The fraction of sp³-hybridized carbons (Fsp3) is 0.318. The number of carbonyl (C=O) groups excluding carboxylic acids is 1. The first-order chi connectivity index (χ1) is 14.5. The summed E-state index contributed by atoms with van der Waals surface area (Å²) in [5, 5.41) is 9.34. The fourth-order valence-electron chi connectivity index (χ4n) is 3.97. The fourth-order valence-corrected chi connectivity index (χ4v) is 5.95. The first kappa shape index (κ1) is 21.2. The second-order valence-corrected chi connectivity index (χ2v) is 9.83. The molecule has 30 heavy (non-hydrogen) atoms. The van der Waals surface area contributed by atoms with Crippen LogP contribution in [0.4, 0.5) is 0 Å². The van der Waals surface area contributed by atoms with Crippen LogP contribution in [-0.4, -0.2) is 38.5 Å². The molecule has 2 heterocycles. The average molecular weight is 460 g/mol. The average Bonchev–Trinajstić information content (AvgIpc) is 3.32. The maximum absolute atomic E-state index is 13.0. The van der Waals surface area contributed by atoms with Gasteiger partial charge in [-0.2, -0.15) is 0 Å². The number of carbonyl (C=O) groups is 2. The molecule has 2 fully saturated rings. The second-order valence-electron chi connectivity index (χ2n) is 7.31. The first-order valence-corrected chi connectivity index (χ1v) is 12.2. The van der Waals surface area contributed by atoms with Gasteiger partial charge >= 0.3 is 5.97 Å². The van der Waals surface area contributed by atoms with E-state index in [1.165, 1.54) is 11.8 Å². The van der Waals surface area contributed by atoms with Crippen molar-refractivity contribution in [3.8, 4) is 11.3 Å². The van der Waals surface area contributed by atoms with Crippen molar-refractivity contribution in [2.45, 2.75) is 36.6 Å². The summed E-state index contributed by atoms with van der Waals surface area (Å²) in [4.78, 5) is 27.6. The van der Waals surface area contributed by atoms with Gasteiger partial charge < -0.3 is 9.52 Å². The molecule has 1 saturated heterocycles. The van der Waals surface area contributed by atoms with E-state index in [9.17, 15) is 14.7 Å². The summed E-state index contributed by atoms with van der Waals surface area (Å²) >= 11 is 8.36. The molecular formula is C22H21NO4S3. The minimum Gasteiger partial charge on any atom is -0.481 e. The van der Waals surface area contributed by atoms with Crippen LogP contribution in [0, 0.1) is 5.92 Å². The molecule has 2 unspecified atom stereocenters. The molecule has 4 rings (SSSR count). The molecule has 2 atom stereocenters. The van der Waals surface area contributed by atoms with Crippen molar-refractivity contribution in [3.63, 3.8) is 0 Å². The lowest BCUT2D eigenvalue weighted by atomic mass is 9.85. The van der Waals surface area contributed by atoms with Crippen molar-refractivity contribution in [2.24, 2.45) is 5.92 Å². The Morgan fingerprint density at radius 2 is 2.10 bits per heavy atom. The Morgan fingerprint density at radius 1 is 1.30 bits per heavy atom. The van der Waals surface area contributed by atoms with Crippen molar-refractivity contribution in [3.05, 3.63) is 47.1 Å². The topological polar surface area (TPSA) is 70.8 Å². The molecule has 8 heteroatoms. The van der Waals surface area contributed by atoms with E-state index >= 15 is 0 Å². The van der Waals surface area contributed by atoms with Gasteiger partial charge in [-0.1, -0.05) is 48.6 Å². The van der Waals surface area contributed by atoms with Crippen LogP contribution in [0.15, 0.2) is 50.6 Å². The van der Waals surface area contributed by atoms with Gasteiger partial charge in [0, 0.05) is 22.6 Å². The summed E-state index contributed by atoms with van der Waals surface area (Å²) in [6.45, 7) is 0. The Morgan fingerprint density at radius 3 is 2.87 bits per heavy atom. The smallest absolute Gasteiger partial charge is 0.306 e. The minimum atomic E-state index is -0.797. The van der Waals surface area contributed by atoms with Crippen LogP contribution in [0.2, 0.25) is 0 Å². The van der Waals surface area contributed by atoms with Gasteiger partial charge in [0.15, 0.2) is 0 Å². The predicted octanol–water partition coefficient (Wildman–Crippen LogP) is 5.51. The third kappa shape index (κ3) is 4.22. The summed E-state index contributed by atoms with van der Waals surface area (Å²) in [7, 11) is 0. The molecule has 1 amide bonds. The van der Waals surface area contributed by atoms with Crippen molar-refractivity contribution >= 4 is 58.0 Å². The molecule has 1 saturated carbocycles. The molecular weight excluding hydrogens is 438 g/mol. The quantitative estimate of drug-likeness (QED) is 0.359. The number of rotatable bonds is 5. The number of hydrogen-bond acceptors (Lipinski definition) is 6. The van der Waals surface area contributed by atoms with E-state index < -0.39 is 11.9 Å². The van der Waals surface area contributed by atoms with Crippen LogP contribution in [-0.2, 0) is 9.59 Å². The highest BCUT2D eigenvalue weighted by atomic mass is 32.2. The van der Waals surface area contributed by atoms with Crippen molar-refractivity contribution < 1.29 is 19.1 Å². The van der Waals surface area contributed by atoms with E-state index in [1.807, 2.05) is 42.7 Å². The number of nitrogens with zero attached hydrogens (tertiary/aromatic N) is 1. The SMILES string of the molecule is CSc1ccccc1-c1ccc(/C=C2/SC(=S)N(C3CCCC(C(=O)O)C3)C2=O)o1. The lowest BCUT2D eigenvalue weighted by Gasteiger charge is -2.32. The number of carboxylic acid groups (broad SMARTS) is 1. The number of amides is 1. The maximum Gasteiger partial charge on any atom is 0.306 e. The van der Waals surface area contributed by atoms with Gasteiger partial charge in [0.25, 0.3) is 5.91 Å². The molecule has 1 aromatic carbocycles. The van der Waals surface area contributed by atoms with Gasteiger partial charge in [-0.25, -0.2) is 0 Å². The zero-order chi connectivity index (χ0) is 21.3. The lowest BCUT2D eigenvalue weighted by molar-refractivity contribution is -0.144. The normalized spacial score (nSPS) is 23.4. The van der Waals surface area contributed by atoms with Gasteiger partial charge in [-0.3, -0.25) is 14.5 Å². The van der Waals surface area contributed by atoms with E-state index in [4.69, 9.17) is 16.6 Å². The van der Waals surface area contributed by atoms with Crippen molar-refractivity contribution in [1.29, 1.82) is 0 Å². The minimum absolute atomic E-state index is 0.154. The highest BCUT2D eigenvalue weighted by Gasteiger charge is 2.40. The Labute approximate surface area is 188 Å². The molecule has 0 radical (unpaired) electrons. The number of thioether (sulfide) groups is 2. The molecule has 1 aromatic heterocycles. The molecule has 1 aliphatic heterocycles. The monoisotopic (exact) mass is 459 g/mol. The zero-order valence-corrected chi connectivity index (χ0v) is 18.8. The number of furan rings is 1. The van der Waals surface area contributed by atoms with Crippen molar-refractivity contribution in [2.75, 3.05) is 6.26 Å². The largest absolute Gasteiger partial charge is 0.481 e. The zero-order valence-electron chi connectivity index (χ0n) is 16.4. The summed E-state index contributed by atoms with van der Waals surface area (Å²) in [6.07, 6.45) is 6.42. The molecule has 0 spiro atoms. The maximum atomic E-state index is 13.0. The highest BCUT2D eigenvalue weighted by molar-refractivity contribution is 8.26. The molecule has 1 aliphatic carbocycles. The van der Waals surface area contributed by atoms with Gasteiger partial charge in [-0.15, -0.1) is 11.8 Å². The molecule has 5 nitrogen and oxygen atoms in total. The van der Waals surface area contributed by atoms with Crippen LogP contribution < -0.4 is 0 Å². The van der Waals surface area contributed by atoms with E-state index in [0.29, 0.717) is 27.8 Å². The second kappa shape index (κ2) is 8.99. The number of hydrogen-bond donors (Lipinski definition) is 1. The van der Waals surface area contributed by atoms with Crippen LogP contribution in [0.1, 0.15) is 31.4 Å². The van der Waals surface area contributed by atoms with Gasteiger partial charge in [0.05, 0.1) is 10.8 Å². The lowest BCUT2D eigenvalue weighted by Crippen LogP contribution is -2.42. The molecule has 156 valence electrons. The highest BCUT2D eigenvalue weighted by Crippen LogP contribution is 2.39. The third-order valence-electron chi connectivity index (χ3n) is 5.46. The van der Waals surface area contributed by atoms with Crippen LogP contribution >= 0.6 is 35.7 Å². The Balaban J connectivity index is 1.54. The van der Waals surface area contributed by atoms with Gasteiger partial charge in [-0.05, 0) is 43.7 Å². The number of benzene rings is 1. The Bertz CT molecular complexity index is 1030. The number of thiocarbonyl (C=S) groups is 1. The summed E-state index contributed by atoms with van der Waals surface area (Å²) in [5.74, 6) is -0.0361. The molecule has 0 bridgehead atoms. The van der Waals surface area contributed by atoms with E-state index in [2.05, 4.69) is 0 Å². The van der Waals surface area contributed by atoms with Gasteiger partial charge in [0.2, 0.25) is 0 Å². The summed E-state index contributed by atoms with van der Waals surface area (Å²) in [6, 6.07) is 11.6. The van der Waals surface area contributed by atoms with E-state index in [0.717, 1.165) is 29.1 Å². The molecule has 1 N–H and O–H groups in total. The predicted molar refractivity (Wildman–Crippen MR) is 124 cm³/mol. The number of aliphatic carboxylic acids is 1. The summed E-state index contributed by atoms with van der Waals surface area (Å²) < 4.78 is 6.48. The van der Waals surface area contributed by atoms with E-state index in [1.54, 1.807) is 22.7 Å². The summed E-state index contributed by atoms with van der Waals surface area (Å²) in [5.41, 5.74) is 1.01. The van der Waals surface area contributed by atoms with Crippen molar-refractivity contribution in [1.82, 2.24) is 4.90 Å². The third-order valence-corrected chi connectivity index (χ3v) is 7.58. The van der Waals surface area contributed by atoms with E-state index in [-0.39, 0.29) is 11.9 Å². The molecule has 2 aliphatic rings.